The molecular weight excluding hydrogens is 256 g/mol. The number of benzene rings is 2. The molecule has 0 aliphatic rings. The quantitative estimate of drug-likeness (QED) is 0.608. The van der Waals surface area contributed by atoms with Crippen LogP contribution >= 0.6 is 11.8 Å². The van der Waals surface area contributed by atoms with Crippen LogP contribution in [0.5, 0.6) is 5.75 Å². The number of aryl methyl sites for hydroxylation is 1. The van der Waals surface area contributed by atoms with Gasteiger partial charge in [0, 0.05) is 10.5 Å². The molecule has 19 heavy (non-hydrogen) atoms. The van der Waals surface area contributed by atoms with Gasteiger partial charge in [0.05, 0.1) is 12.9 Å². The van der Waals surface area contributed by atoms with E-state index in [2.05, 4.69) is 0 Å². The lowest BCUT2D eigenvalue weighted by Crippen LogP contribution is -2.04. The van der Waals surface area contributed by atoms with Crippen molar-refractivity contribution in [1.82, 2.24) is 0 Å². The predicted molar refractivity (Wildman–Crippen MR) is 79.2 cm³/mol. The maximum atomic E-state index is 12.1. The van der Waals surface area contributed by atoms with Gasteiger partial charge in [-0.05, 0) is 30.7 Å². The van der Waals surface area contributed by atoms with E-state index in [-0.39, 0.29) is 5.78 Å². The van der Waals surface area contributed by atoms with Crippen molar-refractivity contribution < 1.29 is 9.53 Å². The molecule has 0 aliphatic carbocycles. The van der Waals surface area contributed by atoms with Crippen LogP contribution in [0.3, 0.4) is 0 Å². The summed E-state index contributed by atoms with van der Waals surface area (Å²) in [4.78, 5) is 13.2. The Bertz CT molecular complexity index is 578. The molecule has 0 atom stereocenters. The highest BCUT2D eigenvalue weighted by Gasteiger charge is 2.09. The molecule has 2 nitrogen and oxygen atoms in total. The molecule has 0 aromatic heterocycles. The number of hydrogen-bond acceptors (Lipinski definition) is 3. The Hall–Kier alpha value is -1.74. The first kappa shape index (κ1) is 13.7. The van der Waals surface area contributed by atoms with Crippen molar-refractivity contribution in [3.8, 4) is 5.75 Å². The summed E-state index contributed by atoms with van der Waals surface area (Å²) < 4.78 is 5.17. The van der Waals surface area contributed by atoms with Crippen molar-refractivity contribution >= 4 is 17.5 Å². The highest BCUT2D eigenvalue weighted by atomic mass is 32.2. The van der Waals surface area contributed by atoms with Crippen LogP contribution in [0.15, 0.2) is 53.4 Å². The second-order valence-electron chi connectivity index (χ2n) is 4.21. The maximum absolute atomic E-state index is 12.1. The molecule has 0 aliphatic heterocycles. The highest BCUT2D eigenvalue weighted by molar-refractivity contribution is 8.00. The molecule has 0 amide bonds. The van der Waals surface area contributed by atoms with Crippen molar-refractivity contribution in [3.05, 3.63) is 59.7 Å². The summed E-state index contributed by atoms with van der Waals surface area (Å²) in [5.74, 6) is 1.41. The molecular formula is C16H16O2S. The van der Waals surface area contributed by atoms with Crippen molar-refractivity contribution in [1.29, 1.82) is 0 Å². The molecule has 3 heteroatoms. The van der Waals surface area contributed by atoms with E-state index in [0.29, 0.717) is 5.75 Å². The Morgan fingerprint density at radius 3 is 2.68 bits per heavy atom. The first-order chi connectivity index (χ1) is 9.20. The average molecular weight is 272 g/mol. The fourth-order valence-corrected chi connectivity index (χ4v) is 2.63. The predicted octanol–water partition coefficient (Wildman–Crippen LogP) is 3.98. The van der Waals surface area contributed by atoms with Crippen LogP contribution in [-0.2, 0) is 0 Å². The molecule has 0 N–H and O–H groups in total. The van der Waals surface area contributed by atoms with Gasteiger partial charge in [0.1, 0.15) is 5.75 Å². The van der Waals surface area contributed by atoms with Gasteiger partial charge < -0.3 is 4.74 Å². The summed E-state index contributed by atoms with van der Waals surface area (Å²) in [6.45, 7) is 1.96. The fourth-order valence-electron chi connectivity index (χ4n) is 1.80. The Labute approximate surface area is 117 Å². The van der Waals surface area contributed by atoms with Gasteiger partial charge in [0.15, 0.2) is 5.78 Å². The minimum absolute atomic E-state index is 0.158. The van der Waals surface area contributed by atoms with Crippen LogP contribution in [0.25, 0.3) is 0 Å². The van der Waals surface area contributed by atoms with E-state index < -0.39 is 0 Å². The largest absolute Gasteiger partial charge is 0.497 e. The van der Waals surface area contributed by atoms with Gasteiger partial charge in [0.25, 0.3) is 0 Å². The number of methoxy groups -OCH3 is 1. The molecule has 2 aromatic rings. The van der Waals surface area contributed by atoms with Crippen molar-refractivity contribution in [2.24, 2.45) is 0 Å². The molecule has 0 saturated heterocycles. The molecule has 0 bridgehead atoms. The molecule has 0 unspecified atom stereocenters. The Morgan fingerprint density at radius 2 is 1.95 bits per heavy atom. The molecule has 0 spiro atoms. The monoisotopic (exact) mass is 272 g/mol. The number of hydrogen-bond donors (Lipinski definition) is 0. The normalized spacial score (nSPS) is 10.2. The van der Waals surface area contributed by atoms with E-state index in [1.165, 1.54) is 11.8 Å². The van der Waals surface area contributed by atoms with Gasteiger partial charge in [-0.3, -0.25) is 4.79 Å². The van der Waals surface area contributed by atoms with Crippen molar-refractivity contribution in [2.75, 3.05) is 12.9 Å². The fraction of sp³-hybridized carbons (Fsp3) is 0.188. The van der Waals surface area contributed by atoms with Crippen LogP contribution in [0.2, 0.25) is 0 Å². The zero-order valence-corrected chi connectivity index (χ0v) is 11.9. The van der Waals surface area contributed by atoms with Crippen molar-refractivity contribution in [3.63, 3.8) is 0 Å². The Kier molecular flexibility index (Phi) is 4.63. The zero-order chi connectivity index (χ0) is 13.7. The summed E-state index contributed by atoms with van der Waals surface area (Å²) >= 11 is 1.53. The van der Waals surface area contributed by atoms with E-state index in [9.17, 15) is 4.79 Å². The molecule has 2 aromatic carbocycles. The van der Waals surface area contributed by atoms with Crippen LogP contribution in [-0.4, -0.2) is 18.6 Å². The molecule has 0 fully saturated rings. The van der Waals surface area contributed by atoms with Gasteiger partial charge in [-0.15, -0.1) is 11.8 Å². The summed E-state index contributed by atoms with van der Waals surface area (Å²) in [6.07, 6.45) is 0. The van der Waals surface area contributed by atoms with Gasteiger partial charge in [0.2, 0.25) is 0 Å². The second-order valence-corrected chi connectivity index (χ2v) is 5.25. The van der Waals surface area contributed by atoms with Gasteiger partial charge >= 0.3 is 0 Å². The lowest BCUT2D eigenvalue weighted by atomic mass is 10.1. The standard InChI is InChI=1S/C16H16O2S/c1-12-6-3-4-9-15(12)16(17)11-19-14-8-5-7-13(10-14)18-2/h3-10H,11H2,1-2H3. The maximum Gasteiger partial charge on any atom is 0.173 e. The summed E-state index contributed by atoms with van der Waals surface area (Å²) in [7, 11) is 1.64. The number of carbonyl (C=O) groups is 1. The van der Waals surface area contributed by atoms with Crippen LogP contribution in [0.4, 0.5) is 0 Å². The van der Waals surface area contributed by atoms with Crippen molar-refractivity contribution in [2.45, 2.75) is 11.8 Å². The van der Waals surface area contributed by atoms with E-state index >= 15 is 0 Å². The number of rotatable bonds is 5. The first-order valence-electron chi connectivity index (χ1n) is 6.06. The molecule has 0 heterocycles. The third-order valence-electron chi connectivity index (χ3n) is 2.86. The van der Waals surface area contributed by atoms with E-state index in [1.807, 2.05) is 55.5 Å². The second kappa shape index (κ2) is 6.43. The minimum atomic E-state index is 0.158. The van der Waals surface area contributed by atoms with Gasteiger partial charge in [-0.1, -0.05) is 30.3 Å². The first-order valence-corrected chi connectivity index (χ1v) is 7.05. The zero-order valence-electron chi connectivity index (χ0n) is 11.1. The third-order valence-corrected chi connectivity index (χ3v) is 3.85. The highest BCUT2D eigenvalue weighted by Crippen LogP contribution is 2.24. The van der Waals surface area contributed by atoms with Crippen LogP contribution in [0.1, 0.15) is 15.9 Å². The summed E-state index contributed by atoms with van der Waals surface area (Å²) in [5, 5.41) is 0. The Morgan fingerprint density at radius 1 is 1.16 bits per heavy atom. The van der Waals surface area contributed by atoms with Gasteiger partial charge in [-0.25, -0.2) is 0 Å². The number of ketones is 1. The number of Topliss-reactive ketones (excluding diaryl/α,β-unsaturated/α-hetero) is 1. The van der Waals surface area contributed by atoms with Crippen LogP contribution in [0, 0.1) is 6.92 Å². The lowest BCUT2D eigenvalue weighted by molar-refractivity contribution is 0.102. The molecule has 2 rings (SSSR count). The Balaban J connectivity index is 2.02. The number of ether oxygens (including phenoxy) is 1. The third kappa shape index (κ3) is 3.61. The molecule has 98 valence electrons. The lowest BCUT2D eigenvalue weighted by Gasteiger charge is -2.06. The van der Waals surface area contributed by atoms with E-state index in [4.69, 9.17) is 4.74 Å². The average Bonchev–Trinajstić information content (AvgIpc) is 2.45. The summed E-state index contributed by atoms with van der Waals surface area (Å²) in [5.41, 5.74) is 1.83. The van der Waals surface area contributed by atoms with E-state index in [1.54, 1.807) is 7.11 Å². The molecule has 0 saturated carbocycles. The SMILES string of the molecule is COc1cccc(SCC(=O)c2ccccc2C)c1. The topological polar surface area (TPSA) is 26.3 Å². The van der Waals surface area contributed by atoms with Crippen LogP contribution < -0.4 is 4.74 Å². The molecule has 0 radical (unpaired) electrons. The number of carbonyl (C=O) groups excluding carboxylic acids is 1. The number of thioether (sulfide) groups is 1. The van der Waals surface area contributed by atoms with Gasteiger partial charge in [-0.2, -0.15) is 0 Å². The van der Waals surface area contributed by atoms with E-state index in [0.717, 1.165) is 21.8 Å². The minimum Gasteiger partial charge on any atom is -0.497 e. The summed E-state index contributed by atoms with van der Waals surface area (Å²) in [6, 6.07) is 15.4. The smallest absolute Gasteiger partial charge is 0.173 e.